The number of rotatable bonds is 6. The molecule has 0 aromatic heterocycles. The van der Waals surface area contributed by atoms with Gasteiger partial charge >= 0.3 is 6.18 Å². The number of amides is 3. The highest BCUT2D eigenvalue weighted by atomic mass is 19.4. The van der Waals surface area contributed by atoms with Crippen LogP contribution < -0.4 is 10.6 Å². The van der Waals surface area contributed by atoms with E-state index in [-0.39, 0.29) is 25.3 Å². The number of aliphatic hydroxyl groups is 1. The van der Waals surface area contributed by atoms with Gasteiger partial charge in [-0.05, 0) is 30.7 Å². The van der Waals surface area contributed by atoms with Crippen LogP contribution in [0, 0.1) is 0 Å². The molecule has 11 heteroatoms. The second-order valence-corrected chi connectivity index (χ2v) is 7.79. The van der Waals surface area contributed by atoms with Crippen LogP contribution in [0.25, 0.3) is 0 Å². The summed E-state index contributed by atoms with van der Waals surface area (Å²) in [5.74, 6) is -1.87. The normalized spacial score (nSPS) is 15.8. The van der Waals surface area contributed by atoms with Crippen LogP contribution in [0.1, 0.15) is 22.3 Å². The van der Waals surface area contributed by atoms with Crippen molar-refractivity contribution in [1.29, 1.82) is 0 Å². The summed E-state index contributed by atoms with van der Waals surface area (Å²) in [7, 11) is 0. The molecule has 1 saturated heterocycles. The third-order valence-electron chi connectivity index (χ3n) is 5.31. The number of halogens is 3. The molecule has 0 spiro atoms. The minimum absolute atomic E-state index is 0.151. The van der Waals surface area contributed by atoms with Gasteiger partial charge in [0.1, 0.15) is 0 Å². The predicted molar refractivity (Wildman–Crippen MR) is 118 cm³/mol. The molecule has 3 amide bonds. The molecule has 34 heavy (non-hydrogen) atoms. The summed E-state index contributed by atoms with van der Waals surface area (Å²) in [6.07, 6.45) is -5.83. The number of hydrogen-bond donors (Lipinski definition) is 3. The van der Waals surface area contributed by atoms with Gasteiger partial charge in [0, 0.05) is 31.7 Å². The second kappa shape index (κ2) is 11.1. The Kier molecular flexibility index (Phi) is 8.24. The van der Waals surface area contributed by atoms with Crippen molar-refractivity contribution in [3.63, 3.8) is 0 Å². The Morgan fingerprint density at radius 1 is 0.941 bits per heavy atom. The van der Waals surface area contributed by atoms with E-state index in [4.69, 9.17) is 0 Å². The molecule has 2 aromatic rings. The topological polar surface area (TPSA) is 102 Å². The Morgan fingerprint density at radius 2 is 1.62 bits per heavy atom. The molecule has 1 aliphatic heterocycles. The highest BCUT2D eigenvalue weighted by Gasteiger charge is 2.33. The Morgan fingerprint density at radius 3 is 2.32 bits per heavy atom. The van der Waals surface area contributed by atoms with Crippen molar-refractivity contribution in [3.8, 4) is 0 Å². The van der Waals surface area contributed by atoms with Crippen LogP contribution in [0.2, 0.25) is 0 Å². The van der Waals surface area contributed by atoms with Crippen molar-refractivity contribution in [1.82, 2.24) is 15.1 Å². The van der Waals surface area contributed by atoms with Gasteiger partial charge in [-0.1, -0.05) is 30.3 Å². The van der Waals surface area contributed by atoms with Gasteiger partial charge in [0.15, 0.2) is 0 Å². The van der Waals surface area contributed by atoms with E-state index >= 15 is 0 Å². The zero-order valence-corrected chi connectivity index (χ0v) is 18.2. The van der Waals surface area contributed by atoms with Crippen LogP contribution in [0.15, 0.2) is 54.6 Å². The molecule has 2 aromatic carbocycles. The standard InChI is InChI=1S/C23H25F3N4O4/c24-23(25,26)17-9-4-5-10-18(17)27-19(31)15-29-11-6-12-30(14-13-29)22(34)21(33)28-20(32)16-7-2-1-3-8-16/h1-5,7-10,21,33H,6,11-15H2,(H,27,31)(H,28,32). The third kappa shape index (κ3) is 6.78. The predicted octanol–water partition coefficient (Wildman–Crippen LogP) is 1.93. The molecule has 0 aliphatic carbocycles. The number of alkyl halides is 3. The maximum atomic E-state index is 13.1. The van der Waals surface area contributed by atoms with Crippen LogP contribution in [0.5, 0.6) is 0 Å². The lowest BCUT2D eigenvalue weighted by atomic mass is 10.1. The fourth-order valence-electron chi connectivity index (χ4n) is 3.61. The number of anilines is 1. The number of benzene rings is 2. The van der Waals surface area contributed by atoms with E-state index in [9.17, 15) is 32.7 Å². The zero-order valence-electron chi connectivity index (χ0n) is 18.2. The van der Waals surface area contributed by atoms with E-state index in [0.29, 0.717) is 25.1 Å². The molecule has 1 fully saturated rings. The molecule has 1 aliphatic rings. The molecule has 0 radical (unpaired) electrons. The van der Waals surface area contributed by atoms with Gasteiger partial charge in [0.05, 0.1) is 17.8 Å². The lowest BCUT2D eigenvalue weighted by Gasteiger charge is -2.24. The SMILES string of the molecule is O=C(CN1CCCN(C(=O)C(O)NC(=O)c2ccccc2)CC1)Nc1ccccc1C(F)(F)F. The molecule has 1 heterocycles. The van der Waals surface area contributed by atoms with Gasteiger partial charge in [0.2, 0.25) is 12.1 Å². The fourth-order valence-corrected chi connectivity index (χ4v) is 3.61. The van der Waals surface area contributed by atoms with E-state index in [1.807, 2.05) is 0 Å². The van der Waals surface area contributed by atoms with E-state index in [1.54, 1.807) is 35.2 Å². The summed E-state index contributed by atoms with van der Waals surface area (Å²) >= 11 is 0. The maximum Gasteiger partial charge on any atom is 0.418 e. The number of nitrogens with zero attached hydrogens (tertiary/aromatic N) is 2. The zero-order chi connectivity index (χ0) is 24.7. The van der Waals surface area contributed by atoms with Crippen LogP contribution in [0.3, 0.4) is 0 Å². The van der Waals surface area contributed by atoms with Gasteiger partial charge in [-0.25, -0.2) is 0 Å². The fraction of sp³-hybridized carbons (Fsp3) is 0.348. The first-order valence-corrected chi connectivity index (χ1v) is 10.7. The maximum absolute atomic E-state index is 13.1. The Bertz CT molecular complexity index is 1020. The lowest BCUT2D eigenvalue weighted by molar-refractivity contribution is -0.141. The summed E-state index contributed by atoms with van der Waals surface area (Å²) in [6, 6.07) is 12.9. The first kappa shape index (κ1) is 25.2. The number of hydrogen-bond acceptors (Lipinski definition) is 5. The molecular formula is C23H25F3N4O4. The van der Waals surface area contributed by atoms with Crippen molar-refractivity contribution in [2.24, 2.45) is 0 Å². The highest BCUT2D eigenvalue weighted by molar-refractivity contribution is 5.97. The first-order chi connectivity index (χ1) is 16.1. The minimum Gasteiger partial charge on any atom is -0.365 e. The number of carbonyl (C=O) groups is 3. The van der Waals surface area contributed by atoms with Crippen molar-refractivity contribution in [3.05, 3.63) is 65.7 Å². The van der Waals surface area contributed by atoms with Crippen molar-refractivity contribution >= 4 is 23.4 Å². The van der Waals surface area contributed by atoms with E-state index in [0.717, 1.165) is 6.07 Å². The molecule has 182 valence electrons. The van der Waals surface area contributed by atoms with Gasteiger partial charge in [-0.3, -0.25) is 19.3 Å². The number of carbonyl (C=O) groups excluding carboxylic acids is 3. The van der Waals surface area contributed by atoms with Crippen molar-refractivity contribution < 1.29 is 32.7 Å². The Hall–Kier alpha value is -3.44. The molecule has 0 bridgehead atoms. The molecule has 3 rings (SSSR count). The van der Waals surface area contributed by atoms with Crippen LogP contribution in [-0.2, 0) is 15.8 Å². The van der Waals surface area contributed by atoms with Gasteiger partial charge < -0.3 is 20.6 Å². The summed E-state index contributed by atoms with van der Waals surface area (Å²) in [5.41, 5.74) is -0.944. The minimum atomic E-state index is -4.59. The van der Waals surface area contributed by atoms with Crippen LogP contribution in [0.4, 0.5) is 18.9 Å². The summed E-state index contributed by atoms with van der Waals surface area (Å²) in [5, 5.41) is 14.7. The second-order valence-electron chi connectivity index (χ2n) is 7.79. The third-order valence-corrected chi connectivity index (χ3v) is 5.31. The molecule has 8 nitrogen and oxygen atoms in total. The molecule has 0 saturated carbocycles. The van der Waals surface area contributed by atoms with Gasteiger partial charge in [-0.2, -0.15) is 13.2 Å². The van der Waals surface area contributed by atoms with Crippen LogP contribution >= 0.6 is 0 Å². The highest BCUT2D eigenvalue weighted by Crippen LogP contribution is 2.34. The first-order valence-electron chi connectivity index (χ1n) is 10.7. The quantitative estimate of drug-likeness (QED) is 0.551. The molecular weight excluding hydrogens is 453 g/mol. The summed E-state index contributed by atoms with van der Waals surface area (Å²) < 4.78 is 39.4. The van der Waals surface area contributed by atoms with Crippen molar-refractivity contribution in [2.45, 2.75) is 18.8 Å². The monoisotopic (exact) mass is 478 g/mol. The average molecular weight is 478 g/mol. The van der Waals surface area contributed by atoms with Crippen LogP contribution in [-0.4, -0.2) is 71.6 Å². The Labute approximate surface area is 194 Å². The number of nitrogens with one attached hydrogen (secondary N) is 2. The van der Waals surface area contributed by atoms with Gasteiger partial charge in [0.25, 0.3) is 11.8 Å². The molecule has 1 atom stereocenters. The number of aliphatic hydroxyl groups excluding tert-OH is 1. The largest absolute Gasteiger partial charge is 0.418 e. The number of para-hydroxylation sites is 1. The molecule has 1 unspecified atom stereocenters. The van der Waals surface area contributed by atoms with Gasteiger partial charge in [-0.15, -0.1) is 0 Å². The smallest absolute Gasteiger partial charge is 0.365 e. The average Bonchev–Trinajstić information content (AvgIpc) is 3.04. The summed E-state index contributed by atoms with van der Waals surface area (Å²) in [6.45, 7) is 1.04. The summed E-state index contributed by atoms with van der Waals surface area (Å²) in [4.78, 5) is 40.2. The van der Waals surface area contributed by atoms with Crippen molar-refractivity contribution in [2.75, 3.05) is 38.0 Å². The molecule has 3 N–H and O–H groups in total. The van der Waals surface area contributed by atoms with E-state index in [1.165, 1.54) is 23.1 Å². The van der Waals surface area contributed by atoms with E-state index < -0.39 is 35.7 Å². The lowest BCUT2D eigenvalue weighted by Crippen LogP contribution is -2.49. The Balaban J connectivity index is 1.51. The van der Waals surface area contributed by atoms with E-state index in [2.05, 4.69) is 10.6 Å².